The maximum atomic E-state index is 9.58. The third-order valence-corrected chi connectivity index (χ3v) is 3.74. The summed E-state index contributed by atoms with van der Waals surface area (Å²) in [6.45, 7) is 3.43. The largest absolute Gasteiger partial charge is 0.508 e. The molecule has 3 rings (SSSR count). The monoisotopic (exact) mass is 301 g/mol. The summed E-state index contributed by atoms with van der Waals surface area (Å²) < 4.78 is 7.99. The van der Waals surface area contributed by atoms with E-state index in [2.05, 4.69) is 17.6 Å². The molecule has 2 aromatic carbocycles. The zero-order chi connectivity index (χ0) is 14.8. The third kappa shape index (κ3) is 2.83. The van der Waals surface area contributed by atoms with Gasteiger partial charge in [-0.15, -0.1) is 0 Å². The molecule has 0 aliphatic heterocycles. The molecule has 0 aliphatic rings. The minimum Gasteiger partial charge on any atom is -0.508 e. The van der Waals surface area contributed by atoms with E-state index in [9.17, 15) is 5.11 Å². The number of benzene rings is 2. The highest BCUT2D eigenvalue weighted by Gasteiger charge is 2.09. The highest BCUT2D eigenvalue weighted by Crippen LogP contribution is 2.25. The van der Waals surface area contributed by atoms with E-state index < -0.39 is 0 Å². The number of phenolic OH excluding ortho intramolecular Hbond substituents is 1. The van der Waals surface area contributed by atoms with Crippen LogP contribution in [0.25, 0.3) is 10.9 Å². The Balaban J connectivity index is 1.87. The summed E-state index contributed by atoms with van der Waals surface area (Å²) in [5.41, 5.74) is 2.18. The van der Waals surface area contributed by atoms with Crippen LogP contribution >= 0.6 is 11.6 Å². The van der Waals surface area contributed by atoms with Gasteiger partial charge in [0.25, 0.3) is 0 Å². The molecule has 0 atom stereocenters. The van der Waals surface area contributed by atoms with Crippen LogP contribution in [-0.2, 0) is 13.2 Å². The molecule has 1 heterocycles. The van der Waals surface area contributed by atoms with Crippen LogP contribution in [0.15, 0.2) is 48.5 Å². The lowest BCUT2D eigenvalue weighted by Gasteiger charge is -2.10. The van der Waals surface area contributed by atoms with Gasteiger partial charge in [-0.2, -0.15) is 0 Å². The van der Waals surface area contributed by atoms with E-state index in [4.69, 9.17) is 16.3 Å². The Hall–Kier alpha value is -2.13. The van der Waals surface area contributed by atoms with Crippen LogP contribution in [0, 0.1) is 0 Å². The van der Waals surface area contributed by atoms with Crippen molar-refractivity contribution in [2.45, 2.75) is 20.1 Å². The molecular weight excluding hydrogens is 286 g/mol. The van der Waals surface area contributed by atoms with E-state index in [1.807, 2.05) is 30.3 Å². The molecule has 0 unspecified atom stereocenters. The normalized spacial score (nSPS) is 11.0. The van der Waals surface area contributed by atoms with Crippen molar-refractivity contribution < 1.29 is 9.84 Å². The van der Waals surface area contributed by atoms with Gasteiger partial charge in [0, 0.05) is 22.5 Å². The van der Waals surface area contributed by atoms with Gasteiger partial charge < -0.3 is 14.4 Å². The first-order valence-corrected chi connectivity index (χ1v) is 7.24. The second-order valence-corrected chi connectivity index (χ2v) is 5.30. The lowest BCUT2D eigenvalue weighted by Crippen LogP contribution is -2.04. The number of hydrogen-bond donors (Lipinski definition) is 1. The summed E-state index contributed by atoms with van der Waals surface area (Å²) in [6, 6.07) is 14.8. The summed E-state index contributed by atoms with van der Waals surface area (Å²) in [4.78, 5) is 0. The molecule has 21 heavy (non-hydrogen) atoms. The van der Waals surface area contributed by atoms with E-state index in [0.29, 0.717) is 11.6 Å². The Bertz CT molecular complexity index is 762. The molecule has 0 bridgehead atoms. The molecule has 0 spiro atoms. The number of rotatable bonds is 4. The summed E-state index contributed by atoms with van der Waals surface area (Å²) in [5.74, 6) is 1.07. The maximum Gasteiger partial charge on any atom is 0.128 e. The Labute approximate surface area is 128 Å². The number of aromatic nitrogens is 1. The molecule has 3 aromatic rings. The van der Waals surface area contributed by atoms with E-state index in [1.165, 1.54) is 0 Å². The van der Waals surface area contributed by atoms with Crippen LogP contribution in [0.4, 0.5) is 0 Å². The van der Waals surface area contributed by atoms with Gasteiger partial charge >= 0.3 is 0 Å². The fourth-order valence-electron chi connectivity index (χ4n) is 2.50. The van der Waals surface area contributed by atoms with Gasteiger partial charge in [-0.25, -0.2) is 0 Å². The molecule has 1 N–H and O–H groups in total. The van der Waals surface area contributed by atoms with E-state index in [0.717, 1.165) is 28.9 Å². The molecule has 4 heteroatoms. The number of aromatic hydroxyl groups is 1. The maximum absolute atomic E-state index is 9.58. The lowest BCUT2D eigenvalue weighted by atomic mass is 10.2. The van der Waals surface area contributed by atoms with Crippen LogP contribution in [0.5, 0.6) is 11.5 Å². The topological polar surface area (TPSA) is 34.4 Å². The van der Waals surface area contributed by atoms with Crippen molar-refractivity contribution in [1.82, 2.24) is 4.57 Å². The van der Waals surface area contributed by atoms with Crippen molar-refractivity contribution in [2.75, 3.05) is 0 Å². The molecule has 0 amide bonds. The van der Waals surface area contributed by atoms with Gasteiger partial charge in [-0.05, 0) is 55.5 Å². The average molecular weight is 302 g/mol. The fourth-order valence-corrected chi connectivity index (χ4v) is 2.62. The Morgan fingerprint density at radius 2 is 1.86 bits per heavy atom. The molecule has 0 aliphatic carbocycles. The van der Waals surface area contributed by atoms with Crippen LogP contribution in [0.3, 0.4) is 0 Å². The van der Waals surface area contributed by atoms with Crippen molar-refractivity contribution in [1.29, 1.82) is 0 Å². The standard InChI is InChI=1S/C17H16ClNO2/c1-2-19-14(9-12-10-15(20)5-8-17(12)19)11-21-16-6-3-13(18)4-7-16/h3-10,20H,2,11H2,1H3. The zero-order valence-electron chi connectivity index (χ0n) is 11.7. The third-order valence-electron chi connectivity index (χ3n) is 3.49. The van der Waals surface area contributed by atoms with Gasteiger partial charge in [0.1, 0.15) is 18.1 Å². The van der Waals surface area contributed by atoms with Gasteiger partial charge in [-0.3, -0.25) is 0 Å². The first-order chi connectivity index (χ1) is 10.2. The van der Waals surface area contributed by atoms with Crippen LogP contribution in [-0.4, -0.2) is 9.67 Å². The molecule has 1 aromatic heterocycles. The number of ether oxygens (including phenoxy) is 1. The summed E-state index contributed by atoms with van der Waals surface area (Å²) in [5, 5.41) is 11.3. The predicted molar refractivity (Wildman–Crippen MR) is 85.1 cm³/mol. The van der Waals surface area contributed by atoms with Crippen LogP contribution in [0.2, 0.25) is 5.02 Å². The quantitative estimate of drug-likeness (QED) is 0.764. The highest BCUT2D eigenvalue weighted by molar-refractivity contribution is 6.30. The number of fused-ring (bicyclic) bond motifs is 1. The van der Waals surface area contributed by atoms with E-state index in [-0.39, 0.29) is 5.75 Å². The van der Waals surface area contributed by atoms with E-state index >= 15 is 0 Å². The number of aryl methyl sites for hydroxylation is 1. The lowest BCUT2D eigenvalue weighted by molar-refractivity contribution is 0.296. The Kier molecular flexibility index (Phi) is 3.76. The molecule has 0 saturated carbocycles. The van der Waals surface area contributed by atoms with E-state index in [1.54, 1.807) is 12.1 Å². The molecule has 0 fully saturated rings. The minimum absolute atomic E-state index is 0.279. The Morgan fingerprint density at radius 3 is 2.57 bits per heavy atom. The SMILES string of the molecule is CCn1c(COc2ccc(Cl)cc2)cc2cc(O)ccc21. The summed E-state index contributed by atoms with van der Waals surface area (Å²) >= 11 is 5.86. The summed E-state index contributed by atoms with van der Waals surface area (Å²) in [7, 11) is 0. The van der Waals surface area contributed by atoms with Crippen molar-refractivity contribution in [3.05, 3.63) is 59.2 Å². The average Bonchev–Trinajstić information content (AvgIpc) is 2.83. The van der Waals surface area contributed by atoms with Gasteiger partial charge in [0.2, 0.25) is 0 Å². The predicted octanol–water partition coefficient (Wildman–Crippen LogP) is 4.60. The van der Waals surface area contributed by atoms with Crippen molar-refractivity contribution in [3.63, 3.8) is 0 Å². The number of halogens is 1. The van der Waals surface area contributed by atoms with Gasteiger partial charge in [0.05, 0.1) is 5.69 Å². The van der Waals surface area contributed by atoms with Gasteiger partial charge in [0.15, 0.2) is 0 Å². The first kappa shape index (κ1) is 13.8. The van der Waals surface area contributed by atoms with Crippen molar-refractivity contribution in [2.24, 2.45) is 0 Å². The molecule has 3 nitrogen and oxygen atoms in total. The molecule has 0 saturated heterocycles. The second kappa shape index (κ2) is 5.70. The van der Waals surface area contributed by atoms with Crippen molar-refractivity contribution in [3.8, 4) is 11.5 Å². The van der Waals surface area contributed by atoms with Gasteiger partial charge in [-0.1, -0.05) is 11.6 Å². The minimum atomic E-state index is 0.279. The molecular formula is C17H16ClNO2. The zero-order valence-corrected chi connectivity index (χ0v) is 12.5. The number of nitrogens with zero attached hydrogens (tertiary/aromatic N) is 1. The van der Waals surface area contributed by atoms with Crippen LogP contribution < -0.4 is 4.74 Å². The number of hydrogen-bond acceptors (Lipinski definition) is 2. The molecule has 0 radical (unpaired) electrons. The Morgan fingerprint density at radius 1 is 1.10 bits per heavy atom. The first-order valence-electron chi connectivity index (χ1n) is 6.87. The second-order valence-electron chi connectivity index (χ2n) is 4.87. The fraction of sp³-hybridized carbons (Fsp3) is 0.176. The molecule has 108 valence electrons. The number of phenols is 1. The summed E-state index contributed by atoms with van der Waals surface area (Å²) in [6.07, 6.45) is 0. The smallest absolute Gasteiger partial charge is 0.128 e. The van der Waals surface area contributed by atoms with Crippen LogP contribution in [0.1, 0.15) is 12.6 Å². The highest BCUT2D eigenvalue weighted by atomic mass is 35.5. The van der Waals surface area contributed by atoms with Crippen molar-refractivity contribution >= 4 is 22.5 Å².